The van der Waals surface area contributed by atoms with Gasteiger partial charge in [0.1, 0.15) is 5.69 Å². The highest BCUT2D eigenvalue weighted by atomic mass is 16.2. The molecule has 1 amide bonds. The van der Waals surface area contributed by atoms with Crippen LogP contribution in [0.15, 0.2) is 53.3 Å². The molecule has 0 aliphatic rings. The van der Waals surface area contributed by atoms with Crippen LogP contribution in [0.5, 0.6) is 0 Å². The summed E-state index contributed by atoms with van der Waals surface area (Å²) in [5.41, 5.74) is 4.06. The highest BCUT2D eigenvalue weighted by molar-refractivity contribution is 6.05. The van der Waals surface area contributed by atoms with E-state index in [9.17, 15) is 9.59 Å². The zero-order chi connectivity index (χ0) is 18.1. The molecule has 0 fully saturated rings. The third-order valence-electron chi connectivity index (χ3n) is 4.42. The third-order valence-corrected chi connectivity index (χ3v) is 4.42. The van der Waals surface area contributed by atoms with Gasteiger partial charge in [0.15, 0.2) is 0 Å². The van der Waals surface area contributed by atoms with Crippen molar-refractivity contribution in [2.45, 2.75) is 20.8 Å². The minimum absolute atomic E-state index is 0.246. The molecule has 0 saturated heterocycles. The average molecular weight is 335 g/mol. The summed E-state index contributed by atoms with van der Waals surface area (Å²) in [6.45, 7) is 5.69. The number of hydrogen-bond acceptors (Lipinski definition) is 2. The SMILES string of the molecule is Cc1ccc(C(=O)Nc2c(C)n(C)n(-c3ccccc3)c2=O)c(C)c1. The molecule has 0 saturated carbocycles. The molecule has 2 aromatic carbocycles. The van der Waals surface area contributed by atoms with Crippen molar-refractivity contribution in [1.29, 1.82) is 0 Å². The summed E-state index contributed by atoms with van der Waals surface area (Å²) in [6, 6.07) is 15.0. The minimum Gasteiger partial charge on any atom is -0.316 e. The Bertz CT molecular complexity index is 998. The number of benzene rings is 2. The summed E-state index contributed by atoms with van der Waals surface area (Å²) < 4.78 is 3.29. The smallest absolute Gasteiger partial charge is 0.295 e. The summed E-state index contributed by atoms with van der Waals surface area (Å²) in [5.74, 6) is -0.275. The molecule has 0 radical (unpaired) electrons. The molecule has 0 aliphatic carbocycles. The molecule has 5 nitrogen and oxygen atoms in total. The van der Waals surface area contributed by atoms with Crippen LogP contribution in [-0.2, 0) is 7.05 Å². The molecule has 3 rings (SSSR count). The second kappa shape index (κ2) is 6.43. The maximum atomic E-state index is 12.8. The molecule has 1 N–H and O–H groups in total. The molecule has 0 atom stereocenters. The number of carbonyl (C=O) groups is 1. The van der Waals surface area contributed by atoms with Gasteiger partial charge in [-0.1, -0.05) is 35.9 Å². The topological polar surface area (TPSA) is 56.0 Å². The Morgan fingerprint density at radius 3 is 2.32 bits per heavy atom. The number of aryl methyl sites for hydroxylation is 2. The number of amides is 1. The fourth-order valence-electron chi connectivity index (χ4n) is 2.96. The second-order valence-corrected chi connectivity index (χ2v) is 6.21. The van der Waals surface area contributed by atoms with E-state index in [0.717, 1.165) is 16.8 Å². The summed E-state index contributed by atoms with van der Waals surface area (Å²) in [5, 5.41) is 2.79. The van der Waals surface area contributed by atoms with Gasteiger partial charge < -0.3 is 5.32 Å². The van der Waals surface area contributed by atoms with E-state index in [1.807, 2.05) is 63.2 Å². The molecule has 128 valence electrons. The number of nitrogens with zero attached hydrogens (tertiary/aromatic N) is 2. The second-order valence-electron chi connectivity index (χ2n) is 6.21. The first-order chi connectivity index (χ1) is 11.9. The van der Waals surface area contributed by atoms with E-state index < -0.39 is 0 Å². The molecule has 0 bridgehead atoms. The normalized spacial score (nSPS) is 10.7. The number of nitrogens with one attached hydrogen (secondary N) is 1. The Morgan fingerprint density at radius 2 is 1.68 bits per heavy atom. The van der Waals surface area contributed by atoms with Gasteiger partial charge in [-0.05, 0) is 44.5 Å². The largest absolute Gasteiger partial charge is 0.316 e. The van der Waals surface area contributed by atoms with E-state index in [-0.39, 0.29) is 11.5 Å². The standard InChI is InChI=1S/C20H21N3O2/c1-13-10-11-17(14(2)12-13)19(24)21-18-15(3)22(4)23(20(18)25)16-8-6-5-7-9-16/h5-12H,1-4H3,(H,21,24). The van der Waals surface area contributed by atoms with Crippen LogP contribution in [0.4, 0.5) is 5.69 Å². The number of para-hydroxylation sites is 1. The predicted octanol–water partition coefficient (Wildman–Crippen LogP) is 3.35. The molecule has 25 heavy (non-hydrogen) atoms. The quantitative estimate of drug-likeness (QED) is 0.798. The lowest BCUT2D eigenvalue weighted by Crippen LogP contribution is -2.23. The van der Waals surface area contributed by atoms with Crippen molar-refractivity contribution in [1.82, 2.24) is 9.36 Å². The highest BCUT2D eigenvalue weighted by Gasteiger charge is 2.19. The summed E-state index contributed by atoms with van der Waals surface area (Å²) in [6.07, 6.45) is 0. The van der Waals surface area contributed by atoms with E-state index in [1.165, 1.54) is 0 Å². The van der Waals surface area contributed by atoms with Gasteiger partial charge >= 0.3 is 0 Å². The van der Waals surface area contributed by atoms with Gasteiger partial charge in [-0.15, -0.1) is 0 Å². The van der Waals surface area contributed by atoms with E-state index in [0.29, 0.717) is 16.9 Å². The molecule has 3 aromatic rings. The van der Waals surface area contributed by atoms with Crippen LogP contribution in [0.2, 0.25) is 0 Å². The Labute approximate surface area is 146 Å². The molecular formula is C20H21N3O2. The minimum atomic E-state index is -0.275. The maximum Gasteiger partial charge on any atom is 0.295 e. The van der Waals surface area contributed by atoms with Crippen LogP contribution in [0.25, 0.3) is 5.69 Å². The predicted molar refractivity (Wildman–Crippen MR) is 99.6 cm³/mol. The van der Waals surface area contributed by atoms with E-state index in [1.54, 1.807) is 22.5 Å². The zero-order valence-electron chi connectivity index (χ0n) is 14.8. The Morgan fingerprint density at radius 1 is 1.00 bits per heavy atom. The fourth-order valence-corrected chi connectivity index (χ4v) is 2.96. The first-order valence-electron chi connectivity index (χ1n) is 8.12. The summed E-state index contributed by atoms with van der Waals surface area (Å²) in [4.78, 5) is 25.5. The molecular weight excluding hydrogens is 314 g/mol. The van der Waals surface area contributed by atoms with Crippen molar-refractivity contribution in [3.63, 3.8) is 0 Å². The molecule has 1 aromatic heterocycles. The van der Waals surface area contributed by atoms with Crippen molar-refractivity contribution in [3.05, 3.63) is 81.3 Å². The number of aromatic nitrogens is 2. The van der Waals surface area contributed by atoms with E-state index in [4.69, 9.17) is 0 Å². The van der Waals surface area contributed by atoms with Gasteiger partial charge in [-0.25, -0.2) is 4.68 Å². The number of rotatable bonds is 3. The molecule has 5 heteroatoms. The van der Waals surface area contributed by atoms with E-state index >= 15 is 0 Å². The van der Waals surface area contributed by atoms with E-state index in [2.05, 4.69) is 5.32 Å². The van der Waals surface area contributed by atoms with Crippen LogP contribution in [-0.4, -0.2) is 15.3 Å². The van der Waals surface area contributed by atoms with Gasteiger partial charge in [-0.3, -0.25) is 14.3 Å². The lowest BCUT2D eigenvalue weighted by molar-refractivity contribution is 0.102. The monoisotopic (exact) mass is 335 g/mol. The summed E-state index contributed by atoms with van der Waals surface area (Å²) in [7, 11) is 1.80. The maximum absolute atomic E-state index is 12.8. The van der Waals surface area contributed by atoms with Crippen LogP contribution in [0.1, 0.15) is 27.2 Å². The molecule has 0 unspecified atom stereocenters. The average Bonchev–Trinajstić information content (AvgIpc) is 2.79. The van der Waals surface area contributed by atoms with Crippen LogP contribution in [0.3, 0.4) is 0 Å². The lowest BCUT2D eigenvalue weighted by Gasteiger charge is -2.08. The third kappa shape index (κ3) is 3.01. The summed E-state index contributed by atoms with van der Waals surface area (Å²) >= 11 is 0. The van der Waals surface area contributed by atoms with Crippen LogP contribution in [0, 0.1) is 20.8 Å². The highest BCUT2D eigenvalue weighted by Crippen LogP contribution is 2.17. The first kappa shape index (κ1) is 16.8. The number of hydrogen-bond donors (Lipinski definition) is 1. The van der Waals surface area contributed by atoms with Crippen LogP contribution >= 0.6 is 0 Å². The molecule has 0 aliphatic heterocycles. The molecule has 1 heterocycles. The van der Waals surface area contributed by atoms with Crippen molar-refractivity contribution in [3.8, 4) is 5.69 Å². The van der Waals surface area contributed by atoms with Gasteiger partial charge in [0.2, 0.25) is 0 Å². The first-order valence-corrected chi connectivity index (χ1v) is 8.12. The van der Waals surface area contributed by atoms with Gasteiger partial charge in [-0.2, -0.15) is 0 Å². The molecule has 0 spiro atoms. The van der Waals surface area contributed by atoms with Gasteiger partial charge in [0.05, 0.1) is 11.4 Å². The van der Waals surface area contributed by atoms with Gasteiger partial charge in [0, 0.05) is 12.6 Å². The van der Waals surface area contributed by atoms with Crippen molar-refractivity contribution >= 4 is 11.6 Å². The Kier molecular flexibility index (Phi) is 4.31. The Hall–Kier alpha value is -3.08. The fraction of sp³-hybridized carbons (Fsp3) is 0.200. The lowest BCUT2D eigenvalue weighted by atomic mass is 10.1. The number of carbonyl (C=O) groups excluding carboxylic acids is 1. The van der Waals surface area contributed by atoms with Crippen LogP contribution < -0.4 is 10.9 Å². The van der Waals surface area contributed by atoms with Crippen molar-refractivity contribution in [2.75, 3.05) is 5.32 Å². The van der Waals surface area contributed by atoms with Gasteiger partial charge in [0.25, 0.3) is 11.5 Å². The van der Waals surface area contributed by atoms with Crippen molar-refractivity contribution in [2.24, 2.45) is 7.05 Å². The van der Waals surface area contributed by atoms with Crippen molar-refractivity contribution < 1.29 is 4.79 Å². The zero-order valence-corrected chi connectivity index (χ0v) is 14.8. The Balaban J connectivity index is 2.02. The number of anilines is 1.